The molecule has 0 unspecified atom stereocenters. The fourth-order valence-corrected chi connectivity index (χ4v) is 2.76. The third-order valence-electron chi connectivity index (χ3n) is 3.64. The van der Waals surface area contributed by atoms with E-state index in [9.17, 15) is 9.18 Å². The van der Waals surface area contributed by atoms with Crippen LogP contribution in [-0.4, -0.2) is 24.1 Å². The Morgan fingerprint density at radius 1 is 1.22 bits per heavy atom. The van der Waals surface area contributed by atoms with E-state index in [4.69, 9.17) is 11.6 Å². The molecule has 3 heterocycles. The molecule has 114 valence electrons. The van der Waals surface area contributed by atoms with Crippen LogP contribution in [0.3, 0.4) is 0 Å². The molecule has 3 aromatic heterocycles. The molecule has 0 aliphatic heterocycles. The largest absolute Gasteiger partial charge is 0.281 e. The minimum atomic E-state index is -0.534. The summed E-state index contributed by atoms with van der Waals surface area (Å²) in [6, 6.07) is 5.95. The Balaban J connectivity index is 2.10. The molecule has 0 aliphatic rings. The van der Waals surface area contributed by atoms with Gasteiger partial charge in [0.2, 0.25) is 0 Å². The van der Waals surface area contributed by atoms with Gasteiger partial charge in [-0.05, 0) is 31.2 Å². The zero-order chi connectivity index (χ0) is 16.1. The van der Waals surface area contributed by atoms with Crippen molar-refractivity contribution in [1.29, 1.82) is 0 Å². The van der Waals surface area contributed by atoms with Crippen LogP contribution in [-0.2, 0) is 0 Å². The fourth-order valence-electron chi connectivity index (χ4n) is 2.59. The number of nitrogens with zero attached hydrogens (tertiary/aromatic N) is 5. The average molecular weight is 330 g/mol. The molecule has 0 radical (unpaired) electrons. The number of rotatable bonds is 1. The van der Waals surface area contributed by atoms with Crippen LogP contribution in [0.15, 0.2) is 41.6 Å². The first kappa shape index (κ1) is 13.8. The molecule has 0 saturated heterocycles. The van der Waals surface area contributed by atoms with Gasteiger partial charge in [-0.15, -0.1) is 0 Å². The summed E-state index contributed by atoms with van der Waals surface area (Å²) in [5, 5.41) is 4.42. The summed E-state index contributed by atoms with van der Waals surface area (Å²) in [5.74, 6) is -0.119. The summed E-state index contributed by atoms with van der Waals surface area (Å²) >= 11 is 5.82. The number of benzene rings is 1. The first-order valence-corrected chi connectivity index (χ1v) is 7.10. The normalized spacial score (nSPS) is 11.4. The lowest BCUT2D eigenvalue weighted by molar-refractivity contribution is 0.627. The van der Waals surface area contributed by atoms with Crippen molar-refractivity contribution in [2.45, 2.75) is 6.92 Å². The van der Waals surface area contributed by atoms with Crippen LogP contribution in [0.5, 0.6) is 0 Å². The lowest BCUT2D eigenvalue weighted by Crippen LogP contribution is -2.21. The summed E-state index contributed by atoms with van der Waals surface area (Å²) in [6.45, 7) is 1.78. The summed E-state index contributed by atoms with van der Waals surface area (Å²) in [6.07, 6.45) is 2.84. The van der Waals surface area contributed by atoms with Gasteiger partial charge in [-0.2, -0.15) is 14.6 Å². The highest BCUT2D eigenvalue weighted by molar-refractivity contribution is 6.30. The Kier molecular flexibility index (Phi) is 2.92. The highest BCUT2D eigenvalue weighted by Crippen LogP contribution is 2.20. The quantitative estimate of drug-likeness (QED) is 0.538. The minimum absolute atomic E-state index is 0.0428. The van der Waals surface area contributed by atoms with Crippen LogP contribution in [0.2, 0.25) is 5.02 Å². The first-order chi connectivity index (χ1) is 11.1. The second-order valence-electron chi connectivity index (χ2n) is 5.05. The smallest absolute Gasteiger partial charge is 0.266 e. The molecular weight excluding hydrogens is 321 g/mol. The Morgan fingerprint density at radius 2 is 2.04 bits per heavy atom. The third-order valence-corrected chi connectivity index (χ3v) is 3.93. The Morgan fingerprint density at radius 3 is 2.83 bits per heavy atom. The predicted octanol–water partition coefficient (Wildman–Crippen LogP) is 2.53. The number of aromatic nitrogens is 5. The third kappa shape index (κ3) is 2.01. The van der Waals surface area contributed by atoms with Crippen molar-refractivity contribution in [3.63, 3.8) is 0 Å². The Labute approximate surface area is 133 Å². The zero-order valence-electron chi connectivity index (χ0n) is 11.9. The maximum Gasteiger partial charge on any atom is 0.266 e. The number of hydrogen-bond acceptors (Lipinski definition) is 4. The van der Waals surface area contributed by atoms with E-state index in [0.717, 1.165) is 0 Å². The van der Waals surface area contributed by atoms with Gasteiger partial charge in [0.15, 0.2) is 0 Å². The second kappa shape index (κ2) is 4.85. The van der Waals surface area contributed by atoms with E-state index in [0.29, 0.717) is 28.1 Å². The molecule has 1 aromatic carbocycles. The lowest BCUT2D eigenvalue weighted by Gasteiger charge is -2.12. The van der Waals surface area contributed by atoms with Crippen molar-refractivity contribution in [1.82, 2.24) is 24.1 Å². The van der Waals surface area contributed by atoms with E-state index in [1.165, 1.54) is 39.8 Å². The molecule has 0 bridgehead atoms. The van der Waals surface area contributed by atoms with E-state index >= 15 is 0 Å². The van der Waals surface area contributed by atoms with Gasteiger partial charge in [-0.1, -0.05) is 11.6 Å². The monoisotopic (exact) mass is 329 g/mol. The molecule has 0 saturated carbocycles. The van der Waals surface area contributed by atoms with Gasteiger partial charge >= 0.3 is 0 Å². The SMILES string of the molecule is Cc1cc2c(cnc3ncnn32)c(=O)n1-c1ccc(F)c(Cl)c1. The van der Waals surface area contributed by atoms with Gasteiger partial charge in [0.25, 0.3) is 11.3 Å². The van der Waals surface area contributed by atoms with Crippen molar-refractivity contribution in [2.24, 2.45) is 0 Å². The summed E-state index contributed by atoms with van der Waals surface area (Å²) < 4.78 is 16.3. The highest BCUT2D eigenvalue weighted by atomic mass is 35.5. The first-order valence-electron chi connectivity index (χ1n) is 6.73. The Bertz CT molecular complexity index is 1130. The van der Waals surface area contributed by atoms with E-state index in [-0.39, 0.29) is 10.6 Å². The molecule has 0 N–H and O–H groups in total. The number of pyridine rings is 1. The van der Waals surface area contributed by atoms with Crippen LogP contribution in [0.4, 0.5) is 4.39 Å². The molecule has 6 nitrogen and oxygen atoms in total. The topological polar surface area (TPSA) is 65.1 Å². The maximum absolute atomic E-state index is 13.4. The van der Waals surface area contributed by atoms with E-state index in [2.05, 4.69) is 15.1 Å². The summed E-state index contributed by atoms with van der Waals surface area (Å²) in [4.78, 5) is 21.0. The van der Waals surface area contributed by atoms with Crippen LogP contribution < -0.4 is 5.56 Å². The molecule has 0 amide bonds. The molecular formula is C15H9ClFN5O. The molecule has 0 aliphatic carbocycles. The van der Waals surface area contributed by atoms with E-state index in [1.807, 2.05) is 0 Å². The van der Waals surface area contributed by atoms with Gasteiger partial charge < -0.3 is 0 Å². The fraction of sp³-hybridized carbons (Fsp3) is 0.0667. The number of hydrogen-bond donors (Lipinski definition) is 0. The average Bonchev–Trinajstić information content (AvgIpc) is 2.99. The Hall–Kier alpha value is -2.80. The van der Waals surface area contributed by atoms with Crippen molar-refractivity contribution in [2.75, 3.05) is 0 Å². The van der Waals surface area contributed by atoms with Crippen molar-refractivity contribution < 1.29 is 4.39 Å². The molecule has 0 fully saturated rings. The van der Waals surface area contributed by atoms with Crippen molar-refractivity contribution >= 4 is 28.3 Å². The molecule has 4 aromatic rings. The molecule has 0 atom stereocenters. The minimum Gasteiger partial charge on any atom is -0.281 e. The van der Waals surface area contributed by atoms with E-state index in [1.54, 1.807) is 13.0 Å². The van der Waals surface area contributed by atoms with Crippen molar-refractivity contribution in [3.8, 4) is 5.69 Å². The van der Waals surface area contributed by atoms with Gasteiger partial charge in [-0.3, -0.25) is 9.36 Å². The molecule has 0 spiro atoms. The predicted molar refractivity (Wildman–Crippen MR) is 83.6 cm³/mol. The van der Waals surface area contributed by atoms with Crippen LogP contribution in [0, 0.1) is 12.7 Å². The van der Waals surface area contributed by atoms with Crippen molar-refractivity contribution in [3.05, 3.63) is 63.7 Å². The highest BCUT2D eigenvalue weighted by Gasteiger charge is 2.13. The van der Waals surface area contributed by atoms with Crippen LogP contribution in [0.25, 0.3) is 22.4 Å². The second-order valence-corrected chi connectivity index (χ2v) is 5.46. The van der Waals surface area contributed by atoms with Gasteiger partial charge in [-0.25, -0.2) is 9.37 Å². The van der Waals surface area contributed by atoms with Gasteiger partial charge in [0.05, 0.1) is 21.6 Å². The standard InChI is InChI=1S/C15H9ClFN5O/c1-8-4-13-10(6-18-15-19-7-20-22(13)15)14(23)21(8)9-2-3-12(17)11(16)5-9/h2-7H,1H3. The zero-order valence-corrected chi connectivity index (χ0v) is 12.6. The molecule has 4 rings (SSSR count). The number of fused-ring (bicyclic) bond motifs is 3. The number of aryl methyl sites for hydroxylation is 1. The number of halogens is 2. The van der Waals surface area contributed by atoms with Gasteiger partial charge in [0.1, 0.15) is 12.1 Å². The summed E-state index contributed by atoms with van der Waals surface area (Å²) in [5.41, 5.74) is 1.47. The molecule has 23 heavy (non-hydrogen) atoms. The summed E-state index contributed by atoms with van der Waals surface area (Å²) in [7, 11) is 0. The van der Waals surface area contributed by atoms with E-state index < -0.39 is 5.82 Å². The lowest BCUT2D eigenvalue weighted by atomic mass is 10.2. The van der Waals surface area contributed by atoms with Gasteiger partial charge in [0, 0.05) is 11.9 Å². The molecule has 8 heteroatoms. The van der Waals surface area contributed by atoms with Crippen LogP contribution in [0.1, 0.15) is 5.69 Å². The maximum atomic E-state index is 13.4. The van der Waals surface area contributed by atoms with Crippen LogP contribution >= 0.6 is 11.6 Å².